The topological polar surface area (TPSA) is 49.6 Å². The molecular weight excluding hydrogens is 293 g/mol. The molecule has 0 bridgehead atoms. The van der Waals surface area contributed by atoms with Gasteiger partial charge in [0, 0.05) is 32.0 Å². The van der Waals surface area contributed by atoms with E-state index >= 15 is 0 Å². The molecule has 2 N–H and O–H groups in total. The molecule has 1 heterocycles. The molecule has 0 radical (unpaired) electrons. The first-order valence-corrected chi connectivity index (χ1v) is 7.95. The molecule has 5 heteroatoms. The molecule has 3 rings (SSSR count). The summed E-state index contributed by atoms with van der Waals surface area (Å²) in [7, 11) is 1.74. The number of halogens is 1. The van der Waals surface area contributed by atoms with Gasteiger partial charge in [-0.25, -0.2) is 4.39 Å². The SMILES string of the molecule is CN=C(NCCc1ccco1)NCC1(c2ccccc2F)CC1. The van der Waals surface area contributed by atoms with Gasteiger partial charge >= 0.3 is 0 Å². The van der Waals surface area contributed by atoms with Crippen LogP contribution in [0.25, 0.3) is 0 Å². The maximum Gasteiger partial charge on any atom is 0.191 e. The van der Waals surface area contributed by atoms with Gasteiger partial charge in [-0.1, -0.05) is 18.2 Å². The second-order valence-electron chi connectivity index (χ2n) is 5.94. The molecular formula is C18H22FN3O. The van der Waals surface area contributed by atoms with E-state index in [4.69, 9.17) is 4.42 Å². The van der Waals surface area contributed by atoms with Gasteiger partial charge in [-0.3, -0.25) is 4.99 Å². The van der Waals surface area contributed by atoms with Gasteiger partial charge in [0.25, 0.3) is 0 Å². The van der Waals surface area contributed by atoms with E-state index in [1.807, 2.05) is 24.3 Å². The predicted octanol–water partition coefficient (Wildman–Crippen LogP) is 2.86. The van der Waals surface area contributed by atoms with Crippen LogP contribution >= 0.6 is 0 Å². The van der Waals surface area contributed by atoms with Crippen LogP contribution in [0.15, 0.2) is 52.1 Å². The predicted molar refractivity (Wildman–Crippen MR) is 89.1 cm³/mol. The first-order chi connectivity index (χ1) is 11.2. The minimum atomic E-state index is -0.118. The van der Waals surface area contributed by atoms with Gasteiger partial charge in [0.05, 0.1) is 6.26 Å². The van der Waals surface area contributed by atoms with Crippen LogP contribution in [0.1, 0.15) is 24.2 Å². The van der Waals surface area contributed by atoms with Crippen LogP contribution in [-0.4, -0.2) is 26.1 Å². The molecule has 4 nitrogen and oxygen atoms in total. The van der Waals surface area contributed by atoms with E-state index in [2.05, 4.69) is 15.6 Å². The van der Waals surface area contributed by atoms with Crippen LogP contribution in [0.2, 0.25) is 0 Å². The van der Waals surface area contributed by atoms with Crippen LogP contribution in [0.5, 0.6) is 0 Å². The highest BCUT2D eigenvalue weighted by molar-refractivity contribution is 5.79. The van der Waals surface area contributed by atoms with E-state index in [1.165, 1.54) is 6.07 Å². The van der Waals surface area contributed by atoms with E-state index in [9.17, 15) is 4.39 Å². The van der Waals surface area contributed by atoms with Crippen molar-refractivity contribution >= 4 is 5.96 Å². The lowest BCUT2D eigenvalue weighted by Crippen LogP contribution is -2.42. The van der Waals surface area contributed by atoms with Crippen molar-refractivity contribution in [1.29, 1.82) is 0 Å². The van der Waals surface area contributed by atoms with Crippen molar-refractivity contribution in [1.82, 2.24) is 10.6 Å². The highest BCUT2D eigenvalue weighted by Crippen LogP contribution is 2.48. The molecule has 1 aromatic heterocycles. The first kappa shape index (κ1) is 15.6. The second-order valence-corrected chi connectivity index (χ2v) is 5.94. The van der Waals surface area contributed by atoms with E-state index in [0.717, 1.165) is 43.1 Å². The average molecular weight is 315 g/mol. The highest BCUT2D eigenvalue weighted by atomic mass is 19.1. The second kappa shape index (κ2) is 6.86. The number of hydrogen-bond acceptors (Lipinski definition) is 2. The molecule has 0 amide bonds. The van der Waals surface area contributed by atoms with E-state index in [1.54, 1.807) is 19.4 Å². The van der Waals surface area contributed by atoms with Gasteiger partial charge < -0.3 is 15.1 Å². The van der Waals surface area contributed by atoms with E-state index < -0.39 is 0 Å². The summed E-state index contributed by atoms with van der Waals surface area (Å²) in [5.74, 6) is 1.56. The maximum atomic E-state index is 14.0. The fourth-order valence-electron chi connectivity index (χ4n) is 2.82. The lowest BCUT2D eigenvalue weighted by Gasteiger charge is -2.19. The van der Waals surface area contributed by atoms with Crippen molar-refractivity contribution in [2.24, 2.45) is 4.99 Å². The zero-order valence-corrected chi connectivity index (χ0v) is 13.3. The number of benzene rings is 1. The molecule has 2 aromatic rings. The Bertz CT molecular complexity index is 663. The van der Waals surface area contributed by atoms with E-state index in [-0.39, 0.29) is 11.2 Å². The Morgan fingerprint density at radius 1 is 1.22 bits per heavy atom. The molecule has 0 atom stereocenters. The monoisotopic (exact) mass is 315 g/mol. The fourth-order valence-corrected chi connectivity index (χ4v) is 2.82. The maximum absolute atomic E-state index is 14.0. The Morgan fingerprint density at radius 3 is 2.70 bits per heavy atom. The minimum Gasteiger partial charge on any atom is -0.469 e. The van der Waals surface area contributed by atoms with E-state index in [0.29, 0.717) is 6.54 Å². The number of nitrogens with zero attached hydrogens (tertiary/aromatic N) is 1. The van der Waals surface area contributed by atoms with Crippen molar-refractivity contribution < 1.29 is 8.81 Å². The average Bonchev–Trinajstić information content (AvgIpc) is 3.17. The van der Waals surface area contributed by atoms with Gasteiger partial charge in [-0.15, -0.1) is 0 Å². The Labute approximate surface area is 135 Å². The number of guanidine groups is 1. The van der Waals surface area contributed by atoms with Gasteiger partial charge in [0.1, 0.15) is 11.6 Å². The molecule has 1 aliphatic carbocycles. The Balaban J connectivity index is 1.51. The van der Waals surface area contributed by atoms with Crippen molar-refractivity contribution in [3.8, 4) is 0 Å². The van der Waals surface area contributed by atoms with Crippen molar-refractivity contribution in [3.05, 3.63) is 59.8 Å². The number of furan rings is 1. The van der Waals surface area contributed by atoms with Gasteiger partial charge in [-0.2, -0.15) is 0 Å². The van der Waals surface area contributed by atoms with Gasteiger partial charge in [0.2, 0.25) is 0 Å². The normalized spacial score (nSPS) is 16.2. The zero-order valence-electron chi connectivity index (χ0n) is 13.3. The van der Waals surface area contributed by atoms with Crippen molar-refractivity contribution in [3.63, 3.8) is 0 Å². The molecule has 0 unspecified atom stereocenters. The summed E-state index contributed by atoms with van der Waals surface area (Å²) in [6, 6.07) is 10.9. The summed E-state index contributed by atoms with van der Waals surface area (Å²) in [6.07, 6.45) is 4.48. The van der Waals surface area contributed by atoms with Crippen molar-refractivity contribution in [2.75, 3.05) is 20.1 Å². The molecule has 1 aliphatic rings. The summed E-state index contributed by atoms with van der Waals surface area (Å²) < 4.78 is 19.3. The Kier molecular flexibility index (Phi) is 4.65. The fraction of sp³-hybridized carbons (Fsp3) is 0.389. The molecule has 122 valence electrons. The first-order valence-electron chi connectivity index (χ1n) is 7.95. The zero-order chi connectivity index (χ0) is 16.1. The number of rotatable bonds is 6. The van der Waals surface area contributed by atoms with Gasteiger partial charge in [-0.05, 0) is 36.6 Å². The largest absolute Gasteiger partial charge is 0.469 e. The highest BCUT2D eigenvalue weighted by Gasteiger charge is 2.45. The summed E-state index contributed by atoms with van der Waals surface area (Å²) >= 11 is 0. The third-order valence-corrected chi connectivity index (χ3v) is 4.36. The van der Waals surface area contributed by atoms with Crippen LogP contribution in [-0.2, 0) is 11.8 Å². The molecule has 0 aliphatic heterocycles. The standard InChI is InChI=1S/C18H22FN3O/c1-20-17(21-11-8-14-5-4-12-23-14)22-13-18(9-10-18)15-6-2-3-7-16(15)19/h2-7,12H,8-11,13H2,1H3,(H2,20,21,22). The van der Waals surface area contributed by atoms with Crippen LogP contribution < -0.4 is 10.6 Å². The van der Waals surface area contributed by atoms with Gasteiger partial charge in [0.15, 0.2) is 5.96 Å². The number of aliphatic imine (C=N–C) groups is 1. The van der Waals surface area contributed by atoms with Crippen LogP contribution in [0.3, 0.4) is 0 Å². The molecule has 0 spiro atoms. The molecule has 0 saturated heterocycles. The third-order valence-electron chi connectivity index (χ3n) is 4.36. The Morgan fingerprint density at radius 2 is 2.04 bits per heavy atom. The number of hydrogen-bond donors (Lipinski definition) is 2. The molecule has 1 saturated carbocycles. The molecule has 1 fully saturated rings. The number of nitrogens with one attached hydrogen (secondary N) is 2. The quantitative estimate of drug-likeness (QED) is 0.636. The lowest BCUT2D eigenvalue weighted by atomic mass is 9.95. The summed E-state index contributed by atoms with van der Waals surface area (Å²) in [6.45, 7) is 1.42. The summed E-state index contributed by atoms with van der Waals surface area (Å²) in [4.78, 5) is 4.22. The van der Waals surface area contributed by atoms with Crippen LogP contribution in [0, 0.1) is 5.82 Å². The Hall–Kier alpha value is -2.30. The van der Waals surface area contributed by atoms with Crippen molar-refractivity contribution in [2.45, 2.75) is 24.7 Å². The minimum absolute atomic E-state index is 0.0933. The lowest BCUT2D eigenvalue weighted by molar-refractivity contribution is 0.506. The molecule has 23 heavy (non-hydrogen) atoms. The van der Waals surface area contributed by atoms with Crippen LogP contribution in [0.4, 0.5) is 4.39 Å². The molecule has 1 aromatic carbocycles. The summed E-state index contributed by atoms with van der Waals surface area (Å²) in [5.41, 5.74) is 0.711. The third kappa shape index (κ3) is 3.73. The summed E-state index contributed by atoms with van der Waals surface area (Å²) in [5, 5.41) is 6.58. The smallest absolute Gasteiger partial charge is 0.191 e.